The van der Waals surface area contributed by atoms with Gasteiger partial charge in [-0.15, -0.1) is 0 Å². The molecule has 3 aromatic rings. The molecule has 0 spiro atoms. The second-order valence-corrected chi connectivity index (χ2v) is 7.99. The molecule has 0 radical (unpaired) electrons. The van der Waals surface area contributed by atoms with Crippen LogP contribution in [0.25, 0.3) is 0 Å². The van der Waals surface area contributed by atoms with E-state index in [-0.39, 0.29) is 12.4 Å². The molecule has 0 amide bonds. The molecule has 1 atom stereocenters. The maximum atomic E-state index is 13.1. The lowest BCUT2D eigenvalue weighted by molar-refractivity contribution is -0.376. The van der Waals surface area contributed by atoms with Gasteiger partial charge in [-0.3, -0.25) is 0 Å². The highest BCUT2D eigenvalue weighted by atomic mass is 19.4. The lowest BCUT2D eigenvalue weighted by atomic mass is 9.92. The number of halogens is 6. The molecule has 0 aliphatic carbocycles. The molecular weight excluding hydrogens is 506 g/mol. The number of hydrogen-bond donors (Lipinski definition) is 1. The zero-order valence-corrected chi connectivity index (χ0v) is 19.3. The average Bonchev–Trinajstić information content (AvgIpc) is 2.86. The van der Waals surface area contributed by atoms with Crippen LogP contribution in [0, 0.1) is 0 Å². The Morgan fingerprint density at radius 3 is 1.86 bits per heavy atom. The smallest absolute Gasteiger partial charge is 0.430 e. The van der Waals surface area contributed by atoms with Gasteiger partial charge in [-0.2, -0.15) is 26.3 Å². The monoisotopic (exact) mass is 528 g/mol. The van der Waals surface area contributed by atoms with Crippen molar-refractivity contribution in [2.75, 3.05) is 13.7 Å². The Morgan fingerprint density at radius 2 is 1.35 bits per heavy atom. The van der Waals surface area contributed by atoms with Crippen LogP contribution >= 0.6 is 0 Å². The lowest BCUT2D eigenvalue weighted by Crippen LogP contribution is -2.53. The average molecular weight is 528 g/mol. The highest BCUT2D eigenvalue weighted by Gasteiger charge is 2.71. The summed E-state index contributed by atoms with van der Waals surface area (Å²) in [5.41, 5.74) is -5.26. The highest BCUT2D eigenvalue weighted by molar-refractivity contribution is 5.89. The number of methoxy groups -OCH3 is 1. The topological polar surface area (TPSA) is 65.0 Å². The van der Waals surface area contributed by atoms with Crippen LogP contribution in [0.1, 0.15) is 21.5 Å². The zero-order chi connectivity index (χ0) is 27.3. The van der Waals surface area contributed by atoms with Crippen molar-refractivity contribution >= 4 is 5.97 Å². The molecule has 3 rings (SSSR count). The second-order valence-electron chi connectivity index (χ2n) is 7.99. The van der Waals surface area contributed by atoms with E-state index in [1.165, 1.54) is 31.4 Å². The van der Waals surface area contributed by atoms with Crippen LogP contribution < -0.4 is 9.47 Å². The summed E-state index contributed by atoms with van der Waals surface area (Å²) in [7, 11) is 1.25. The standard InChI is InChI=1S/C26H22F6O5/c1-35-23(33)18-7-11-20(12-8-18)36-16-22(15-17-5-3-2-4-6-17)37-21-13-9-19(10-14-21)24(34,25(27,28)29)26(30,31)32/h2-14,22,34H,15-16H2,1H3/t22-/m1/s1. The summed E-state index contributed by atoms with van der Waals surface area (Å²) < 4.78 is 95.1. The maximum absolute atomic E-state index is 13.1. The van der Waals surface area contributed by atoms with Gasteiger partial charge in [-0.05, 0) is 42.0 Å². The predicted octanol–water partition coefficient (Wildman–Crippen LogP) is 5.85. The number of hydrogen-bond acceptors (Lipinski definition) is 5. The van der Waals surface area contributed by atoms with E-state index in [1.54, 1.807) is 18.2 Å². The number of esters is 1. The fourth-order valence-electron chi connectivity index (χ4n) is 3.46. The molecule has 0 fully saturated rings. The molecule has 0 bridgehead atoms. The number of ether oxygens (including phenoxy) is 3. The first-order valence-electron chi connectivity index (χ1n) is 10.8. The van der Waals surface area contributed by atoms with Gasteiger partial charge in [0.05, 0.1) is 12.7 Å². The van der Waals surface area contributed by atoms with Gasteiger partial charge in [-0.1, -0.05) is 42.5 Å². The molecule has 0 aliphatic rings. The van der Waals surface area contributed by atoms with Crippen LogP contribution in [0.15, 0.2) is 78.9 Å². The summed E-state index contributed by atoms with van der Waals surface area (Å²) in [4.78, 5) is 11.6. The third kappa shape index (κ3) is 6.53. The highest BCUT2D eigenvalue weighted by Crippen LogP contribution is 2.50. The fourth-order valence-corrected chi connectivity index (χ4v) is 3.46. The van der Waals surface area contributed by atoms with E-state index >= 15 is 0 Å². The van der Waals surface area contributed by atoms with Gasteiger partial charge >= 0.3 is 18.3 Å². The second kappa shape index (κ2) is 11.1. The van der Waals surface area contributed by atoms with Gasteiger partial charge in [0, 0.05) is 12.0 Å². The summed E-state index contributed by atoms with van der Waals surface area (Å²) in [5, 5.41) is 9.56. The molecule has 37 heavy (non-hydrogen) atoms. The zero-order valence-electron chi connectivity index (χ0n) is 19.3. The number of carbonyl (C=O) groups excluding carboxylic acids is 1. The first-order valence-corrected chi connectivity index (χ1v) is 10.8. The minimum atomic E-state index is -5.99. The van der Waals surface area contributed by atoms with Crippen molar-refractivity contribution < 1.29 is 50.5 Å². The normalized spacial score (nSPS) is 13.1. The van der Waals surface area contributed by atoms with E-state index in [0.717, 1.165) is 17.7 Å². The van der Waals surface area contributed by atoms with E-state index in [1.807, 2.05) is 12.1 Å². The minimum Gasteiger partial charge on any atom is -0.490 e. The van der Waals surface area contributed by atoms with Gasteiger partial charge in [0.25, 0.3) is 5.60 Å². The van der Waals surface area contributed by atoms with Crippen molar-refractivity contribution in [1.82, 2.24) is 0 Å². The summed E-state index contributed by atoms with van der Waals surface area (Å²) in [5.74, 6) is -0.158. The van der Waals surface area contributed by atoms with Gasteiger partial charge in [0.1, 0.15) is 24.2 Å². The largest absolute Gasteiger partial charge is 0.490 e. The van der Waals surface area contributed by atoms with E-state index in [4.69, 9.17) is 9.47 Å². The molecule has 3 aromatic carbocycles. The van der Waals surface area contributed by atoms with Gasteiger partial charge in [-0.25, -0.2) is 4.79 Å². The number of benzene rings is 3. The van der Waals surface area contributed by atoms with Crippen LogP contribution in [0.2, 0.25) is 0 Å². The number of carbonyl (C=O) groups is 1. The Kier molecular flexibility index (Phi) is 8.37. The lowest BCUT2D eigenvalue weighted by Gasteiger charge is -2.32. The third-order valence-electron chi connectivity index (χ3n) is 5.41. The van der Waals surface area contributed by atoms with Crippen LogP contribution in [0.4, 0.5) is 26.3 Å². The van der Waals surface area contributed by atoms with Crippen LogP contribution in [-0.4, -0.2) is 43.2 Å². The summed E-state index contributed by atoms with van der Waals surface area (Å²) in [6, 6.07) is 18.0. The molecule has 0 aliphatic heterocycles. The Balaban J connectivity index is 1.79. The van der Waals surface area contributed by atoms with Crippen LogP contribution in [0.3, 0.4) is 0 Å². The molecular formula is C26H22F6O5. The molecule has 0 saturated heterocycles. The van der Waals surface area contributed by atoms with Crippen LogP contribution in [0.5, 0.6) is 11.5 Å². The fraction of sp³-hybridized carbons (Fsp3) is 0.269. The molecule has 0 heterocycles. The SMILES string of the molecule is COC(=O)c1ccc(OC[C@@H](Cc2ccccc2)Oc2ccc(C(O)(C(F)(F)F)C(F)(F)F)cc2)cc1. The van der Waals surface area contributed by atoms with Gasteiger partial charge in [0.2, 0.25) is 0 Å². The van der Waals surface area contributed by atoms with Crippen LogP contribution in [-0.2, 0) is 16.8 Å². The van der Waals surface area contributed by atoms with Crippen molar-refractivity contribution in [1.29, 1.82) is 0 Å². The number of rotatable bonds is 9. The van der Waals surface area contributed by atoms with Crippen molar-refractivity contribution in [3.63, 3.8) is 0 Å². The quantitative estimate of drug-likeness (QED) is 0.279. The van der Waals surface area contributed by atoms with Crippen molar-refractivity contribution in [2.45, 2.75) is 30.5 Å². The molecule has 0 aromatic heterocycles. The first kappa shape index (κ1) is 27.9. The van der Waals surface area contributed by atoms with E-state index in [0.29, 0.717) is 29.9 Å². The Bertz CT molecular complexity index is 1150. The summed E-state index contributed by atoms with van der Waals surface area (Å²) >= 11 is 0. The van der Waals surface area contributed by atoms with E-state index in [2.05, 4.69) is 4.74 Å². The Labute approximate surface area is 208 Å². The molecule has 11 heteroatoms. The number of alkyl halides is 6. The van der Waals surface area contributed by atoms with Crippen molar-refractivity contribution in [3.05, 3.63) is 95.6 Å². The van der Waals surface area contributed by atoms with Crippen molar-refractivity contribution in [2.24, 2.45) is 0 Å². The first-order chi connectivity index (χ1) is 17.3. The molecule has 198 valence electrons. The summed E-state index contributed by atoms with van der Waals surface area (Å²) in [6.07, 6.45) is -12.4. The van der Waals surface area contributed by atoms with E-state index in [9.17, 15) is 36.2 Å². The predicted molar refractivity (Wildman–Crippen MR) is 120 cm³/mol. The number of aliphatic hydroxyl groups is 1. The minimum absolute atomic E-state index is 0.0268. The maximum Gasteiger partial charge on any atom is 0.430 e. The molecule has 5 nitrogen and oxygen atoms in total. The molecule has 1 N–H and O–H groups in total. The molecule has 0 saturated carbocycles. The van der Waals surface area contributed by atoms with Crippen molar-refractivity contribution in [3.8, 4) is 11.5 Å². The van der Waals surface area contributed by atoms with Gasteiger partial charge < -0.3 is 19.3 Å². The Morgan fingerprint density at radius 1 is 0.811 bits per heavy atom. The third-order valence-corrected chi connectivity index (χ3v) is 5.41. The Hall–Kier alpha value is -3.73. The molecule has 0 unspecified atom stereocenters. The van der Waals surface area contributed by atoms with Gasteiger partial charge in [0.15, 0.2) is 0 Å². The summed E-state index contributed by atoms with van der Waals surface area (Å²) in [6.45, 7) is -0.0384. The van der Waals surface area contributed by atoms with E-state index < -0.39 is 35.6 Å².